The number of nitrogen functional groups attached to an aromatic ring is 2. The van der Waals surface area contributed by atoms with Crippen LogP contribution in [0.2, 0.25) is 0 Å². The summed E-state index contributed by atoms with van der Waals surface area (Å²) in [5.74, 6) is -0.423. The second-order valence-corrected chi connectivity index (χ2v) is 5.00. The highest BCUT2D eigenvalue weighted by Crippen LogP contribution is 2.29. The van der Waals surface area contributed by atoms with Crippen LogP contribution in [-0.2, 0) is 0 Å². The minimum Gasteiger partial charge on any atom is -0.490 e. The largest absolute Gasteiger partial charge is 0.490 e. The van der Waals surface area contributed by atoms with Gasteiger partial charge in [-0.2, -0.15) is 10.2 Å². The van der Waals surface area contributed by atoms with Crippen LogP contribution in [0.15, 0.2) is 18.2 Å². The number of hydrogen-bond donors (Lipinski definition) is 2. The van der Waals surface area contributed by atoms with Crippen molar-refractivity contribution in [3.63, 3.8) is 0 Å². The average Bonchev–Trinajstić information content (AvgIpc) is 2.52. The number of unbranched alkanes of at least 4 members (excludes halogenated alkanes) is 2. The van der Waals surface area contributed by atoms with Gasteiger partial charge in [0.1, 0.15) is 17.5 Å². The van der Waals surface area contributed by atoms with E-state index in [9.17, 15) is 9.65 Å². The van der Waals surface area contributed by atoms with E-state index in [1.165, 1.54) is 18.2 Å². The van der Waals surface area contributed by atoms with Gasteiger partial charge in [0.15, 0.2) is 11.6 Å². The molecule has 1 aromatic carbocycles. The van der Waals surface area contributed by atoms with Crippen LogP contribution < -0.4 is 16.2 Å². The van der Waals surface area contributed by atoms with Gasteiger partial charge in [0.2, 0.25) is 5.95 Å². The fraction of sp³-hybridized carbons (Fsp3) is 0.312. The molecule has 120 valence electrons. The lowest BCUT2D eigenvalue weighted by Gasteiger charge is -2.10. The van der Waals surface area contributed by atoms with Crippen LogP contribution in [0.3, 0.4) is 0 Å². The molecular formula is C16H18FN5O. The lowest BCUT2D eigenvalue weighted by atomic mass is 10.1. The molecular weight excluding hydrogens is 297 g/mol. The van der Waals surface area contributed by atoms with Crippen molar-refractivity contribution in [1.82, 2.24) is 9.97 Å². The van der Waals surface area contributed by atoms with Crippen LogP contribution in [0.5, 0.6) is 5.75 Å². The van der Waals surface area contributed by atoms with Crippen molar-refractivity contribution in [3.05, 3.63) is 29.6 Å². The van der Waals surface area contributed by atoms with Crippen molar-refractivity contribution >= 4 is 11.8 Å². The van der Waals surface area contributed by atoms with Gasteiger partial charge < -0.3 is 16.2 Å². The minimum atomic E-state index is -0.473. The Morgan fingerprint density at radius 3 is 2.74 bits per heavy atom. The number of nitrogens with two attached hydrogens (primary N) is 2. The Morgan fingerprint density at radius 2 is 2.04 bits per heavy atom. The van der Waals surface area contributed by atoms with Crippen molar-refractivity contribution < 1.29 is 9.13 Å². The van der Waals surface area contributed by atoms with E-state index in [4.69, 9.17) is 16.2 Å². The van der Waals surface area contributed by atoms with E-state index < -0.39 is 5.82 Å². The molecule has 7 heteroatoms. The maximum Gasteiger partial charge on any atom is 0.222 e. The van der Waals surface area contributed by atoms with Gasteiger partial charge in [0, 0.05) is 5.56 Å². The predicted molar refractivity (Wildman–Crippen MR) is 86.0 cm³/mol. The number of anilines is 2. The molecule has 0 spiro atoms. The molecule has 4 N–H and O–H groups in total. The van der Waals surface area contributed by atoms with Crippen molar-refractivity contribution in [2.45, 2.75) is 26.2 Å². The summed E-state index contributed by atoms with van der Waals surface area (Å²) >= 11 is 0. The Bertz CT molecular complexity index is 742. The third-order valence-corrected chi connectivity index (χ3v) is 3.28. The number of benzene rings is 1. The third-order valence-electron chi connectivity index (χ3n) is 3.28. The first kappa shape index (κ1) is 16.5. The molecule has 0 unspecified atom stereocenters. The van der Waals surface area contributed by atoms with Crippen LogP contribution in [0.4, 0.5) is 16.2 Å². The Kier molecular flexibility index (Phi) is 5.31. The van der Waals surface area contributed by atoms with E-state index in [-0.39, 0.29) is 28.8 Å². The van der Waals surface area contributed by atoms with Crippen molar-refractivity contribution in [3.8, 4) is 23.1 Å². The maximum atomic E-state index is 13.9. The molecule has 1 heterocycles. The number of ether oxygens (including phenoxy) is 1. The predicted octanol–water partition coefficient (Wildman–Crippen LogP) is 2.89. The van der Waals surface area contributed by atoms with E-state index in [2.05, 4.69) is 16.9 Å². The van der Waals surface area contributed by atoms with Gasteiger partial charge in [-0.25, -0.2) is 9.37 Å². The Morgan fingerprint density at radius 1 is 1.26 bits per heavy atom. The molecule has 0 aliphatic rings. The number of hydrogen-bond acceptors (Lipinski definition) is 6. The highest BCUT2D eigenvalue weighted by atomic mass is 19.1. The van der Waals surface area contributed by atoms with Gasteiger partial charge in [-0.05, 0) is 24.6 Å². The average molecular weight is 315 g/mol. The Balaban J connectivity index is 2.36. The molecule has 2 rings (SSSR count). The van der Waals surface area contributed by atoms with Gasteiger partial charge >= 0.3 is 0 Å². The summed E-state index contributed by atoms with van der Waals surface area (Å²) in [4.78, 5) is 7.80. The van der Waals surface area contributed by atoms with Crippen molar-refractivity contribution in [2.24, 2.45) is 0 Å². The fourth-order valence-electron chi connectivity index (χ4n) is 2.11. The summed E-state index contributed by atoms with van der Waals surface area (Å²) in [6.07, 6.45) is 2.91. The second kappa shape index (κ2) is 7.40. The fourth-order valence-corrected chi connectivity index (χ4v) is 2.11. The first-order valence-electron chi connectivity index (χ1n) is 7.32. The van der Waals surface area contributed by atoms with Crippen LogP contribution >= 0.6 is 0 Å². The molecule has 1 aromatic heterocycles. The molecule has 0 saturated carbocycles. The van der Waals surface area contributed by atoms with E-state index >= 15 is 0 Å². The topological polar surface area (TPSA) is 111 Å². The number of nitriles is 1. The van der Waals surface area contributed by atoms with E-state index in [0.717, 1.165) is 19.3 Å². The molecule has 0 atom stereocenters. The summed E-state index contributed by atoms with van der Waals surface area (Å²) in [5.41, 5.74) is 12.1. The molecule has 0 aliphatic carbocycles. The second-order valence-electron chi connectivity index (χ2n) is 5.00. The molecule has 0 aliphatic heterocycles. The van der Waals surface area contributed by atoms with Crippen molar-refractivity contribution in [1.29, 1.82) is 5.26 Å². The van der Waals surface area contributed by atoms with E-state index in [1.54, 1.807) is 0 Å². The normalized spacial score (nSPS) is 10.3. The van der Waals surface area contributed by atoms with Crippen molar-refractivity contribution in [2.75, 3.05) is 18.1 Å². The van der Waals surface area contributed by atoms with Crippen LogP contribution in [0.1, 0.15) is 31.7 Å². The number of nitrogens with zero attached hydrogens (tertiary/aromatic N) is 3. The lowest BCUT2D eigenvalue weighted by molar-refractivity contribution is 0.291. The summed E-state index contributed by atoms with van der Waals surface area (Å²) in [5, 5.41) is 9.22. The first-order valence-corrected chi connectivity index (χ1v) is 7.32. The lowest BCUT2D eigenvalue weighted by Crippen LogP contribution is -2.05. The molecule has 0 bridgehead atoms. The molecule has 0 fully saturated rings. The smallest absolute Gasteiger partial charge is 0.222 e. The maximum absolute atomic E-state index is 13.9. The zero-order valence-corrected chi connectivity index (χ0v) is 12.8. The van der Waals surface area contributed by atoms with E-state index in [0.29, 0.717) is 12.2 Å². The quantitative estimate of drug-likeness (QED) is 0.793. The molecule has 23 heavy (non-hydrogen) atoms. The highest BCUT2D eigenvalue weighted by Gasteiger charge is 2.15. The Hall–Kier alpha value is -2.88. The van der Waals surface area contributed by atoms with Crippen LogP contribution in [0.25, 0.3) is 11.3 Å². The monoisotopic (exact) mass is 315 g/mol. The highest BCUT2D eigenvalue weighted by molar-refractivity contribution is 5.73. The van der Waals surface area contributed by atoms with E-state index in [1.807, 2.05) is 6.07 Å². The molecule has 0 radical (unpaired) electrons. The standard InChI is InChI=1S/C16H18FN5O/c1-2-3-4-7-23-13-8-10(5-6-12(13)17)14-11(9-18)15(19)22-16(20)21-14/h5-6,8H,2-4,7H2,1H3,(H4,19,20,21,22). The van der Waals surface area contributed by atoms with Gasteiger partial charge in [0.05, 0.1) is 12.3 Å². The molecule has 0 saturated heterocycles. The summed E-state index contributed by atoms with van der Waals surface area (Å²) in [7, 11) is 0. The number of rotatable bonds is 6. The molecule has 0 amide bonds. The summed E-state index contributed by atoms with van der Waals surface area (Å²) < 4.78 is 19.3. The van der Waals surface area contributed by atoms with Gasteiger partial charge in [-0.1, -0.05) is 19.8 Å². The van der Waals surface area contributed by atoms with Crippen LogP contribution in [0, 0.1) is 17.1 Å². The Labute approximate surface area is 133 Å². The zero-order valence-electron chi connectivity index (χ0n) is 12.8. The van der Waals surface area contributed by atoms with Gasteiger partial charge in [-0.15, -0.1) is 0 Å². The van der Waals surface area contributed by atoms with Gasteiger partial charge in [-0.3, -0.25) is 0 Å². The number of halogens is 1. The summed E-state index contributed by atoms with van der Waals surface area (Å²) in [6, 6.07) is 6.19. The SMILES string of the molecule is CCCCCOc1cc(-c2nc(N)nc(N)c2C#N)ccc1F. The van der Waals surface area contributed by atoms with Crippen LogP contribution in [-0.4, -0.2) is 16.6 Å². The number of aromatic nitrogens is 2. The molecule has 6 nitrogen and oxygen atoms in total. The molecule has 2 aromatic rings. The third kappa shape index (κ3) is 3.86. The summed E-state index contributed by atoms with van der Waals surface area (Å²) in [6.45, 7) is 2.50. The first-order chi connectivity index (χ1) is 11.1. The van der Waals surface area contributed by atoms with Gasteiger partial charge in [0.25, 0.3) is 0 Å². The zero-order chi connectivity index (χ0) is 16.8. The minimum absolute atomic E-state index is 0.00950.